The quantitative estimate of drug-likeness (QED) is 0.231. The predicted octanol–water partition coefficient (Wildman–Crippen LogP) is 8.01. The zero-order valence-corrected chi connectivity index (χ0v) is 18.4. The first-order valence-electron chi connectivity index (χ1n) is 11.0. The first-order chi connectivity index (χ1) is 15.8. The number of nitrogens with zero attached hydrogens (tertiary/aromatic N) is 2. The van der Waals surface area contributed by atoms with E-state index < -0.39 is 10.4 Å². The van der Waals surface area contributed by atoms with Gasteiger partial charge in [0.25, 0.3) is 0 Å². The van der Waals surface area contributed by atoms with E-state index in [2.05, 4.69) is 118 Å². The van der Waals surface area contributed by atoms with E-state index in [4.69, 9.17) is 0 Å². The molecule has 3 heteroatoms. The number of rotatable bonds is 0. The van der Waals surface area contributed by atoms with Crippen molar-refractivity contribution >= 4 is 32.2 Å². The second-order valence-corrected chi connectivity index (χ2v) is 11.5. The Kier molecular flexibility index (Phi) is 2.94. The molecule has 1 spiro atoms. The molecular weight excluding hydrogens is 408 g/mol. The van der Waals surface area contributed by atoms with Crippen LogP contribution in [0.3, 0.4) is 0 Å². The number of para-hydroxylation sites is 1. The molecule has 0 N–H and O–H groups in total. The van der Waals surface area contributed by atoms with Crippen LogP contribution in [0.1, 0.15) is 5.56 Å². The average Bonchev–Trinajstić information content (AvgIpc) is 3.52. The third-order valence-electron chi connectivity index (χ3n) is 7.05. The van der Waals surface area contributed by atoms with Crippen LogP contribution in [0.4, 0.5) is 0 Å². The number of hydrogen-bond donors (Lipinski definition) is 0. The van der Waals surface area contributed by atoms with Crippen molar-refractivity contribution in [3.05, 3.63) is 109 Å². The van der Waals surface area contributed by atoms with Gasteiger partial charge in [0.1, 0.15) is 0 Å². The summed E-state index contributed by atoms with van der Waals surface area (Å²) in [5.41, 5.74) is 9.31. The first-order valence-corrected chi connectivity index (χ1v) is 12.6. The lowest BCUT2D eigenvalue weighted by Gasteiger charge is -2.39. The molecule has 8 rings (SSSR count). The maximum atomic E-state index is 2.67. The molecule has 152 valence electrons. The Labute approximate surface area is 187 Å². The fraction of sp³-hybridized carbons (Fsp3) is 0.0345. The maximum Gasteiger partial charge on any atom is 0.0785 e. The largest absolute Gasteiger partial charge is 0.276 e. The van der Waals surface area contributed by atoms with Crippen LogP contribution in [0.15, 0.2) is 113 Å². The zero-order chi connectivity index (χ0) is 21.0. The molecule has 2 aromatic heterocycles. The van der Waals surface area contributed by atoms with Crippen LogP contribution in [0.25, 0.3) is 44.3 Å². The Balaban J connectivity index is 1.68. The van der Waals surface area contributed by atoms with Crippen molar-refractivity contribution < 1.29 is 0 Å². The number of benzene rings is 4. The van der Waals surface area contributed by atoms with Gasteiger partial charge in [0, 0.05) is 20.6 Å². The molecule has 0 bridgehead atoms. The average molecular weight is 429 g/mol. The highest BCUT2D eigenvalue weighted by Crippen LogP contribution is 2.78. The maximum absolute atomic E-state index is 2.67. The minimum Gasteiger partial charge on any atom is -0.276 e. The van der Waals surface area contributed by atoms with Gasteiger partial charge in [-0.3, -0.25) is 7.94 Å². The third-order valence-corrected chi connectivity index (χ3v) is 10.8. The minimum atomic E-state index is -1.71. The second kappa shape index (κ2) is 5.56. The van der Waals surface area contributed by atoms with Crippen molar-refractivity contribution in [2.24, 2.45) is 0 Å². The molecule has 0 saturated heterocycles. The van der Waals surface area contributed by atoms with Crippen LogP contribution < -0.4 is 0 Å². The van der Waals surface area contributed by atoms with Crippen molar-refractivity contribution in [1.29, 1.82) is 0 Å². The van der Waals surface area contributed by atoms with E-state index in [9.17, 15) is 0 Å². The van der Waals surface area contributed by atoms with Crippen LogP contribution in [0.2, 0.25) is 0 Å². The van der Waals surface area contributed by atoms with Gasteiger partial charge in [0.2, 0.25) is 0 Å². The molecule has 0 amide bonds. The molecule has 2 aliphatic heterocycles. The lowest BCUT2D eigenvalue weighted by molar-refractivity contribution is 1.24. The lowest BCUT2D eigenvalue weighted by atomic mass is 10.1. The van der Waals surface area contributed by atoms with Gasteiger partial charge < -0.3 is 0 Å². The van der Waals surface area contributed by atoms with Crippen molar-refractivity contribution in [1.82, 2.24) is 7.94 Å². The van der Waals surface area contributed by atoms with Crippen LogP contribution in [-0.2, 0) is 0 Å². The van der Waals surface area contributed by atoms with E-state index in [1.807, 2.05) is 0 Å². The Morgan fingerprint density at radius 3 is 1.81 bits per heavy atom. The van der Waals surface area contributed by atoms with Gasteiger partial charge in [-0.05, 0) is 70.9 Å². The minimum absolute atomic E-state index is 1.30. The van der Waals surface area contributed by atoms with Gasteiger partial charge in [-0.1, -0.05) is 66.2 Å². The molecule has 4 aromatic carbocycles. The van der Waals surface area contributed by atoms with E-state index in [-0.39, 0.29) is 0 Å². The summed E-state index contributed by atoms with van der Waals surface area (Å²) >= 11 is 0. The summed E-state index contributed by atoms with van der Waals surface area (Å²) < 4.78 is 5.34. The van der Waals surface area contributed by atoms with Crippen molar-refractivity contribution in [3.8, 4) is 22.5 Å². The number of aromatic nitrogens is 2. The second-order valence-electron chi connectivity index (χ2n) is 8.81. The van der Waals surface area contributed by atoms with E-state index in [0.717, 1.165) is 0 Å². The molecule has 0 fully saturated rings. The summed E-state index contributed by atoms with van der Waals surface area (Å²) in [6.07, 6.45) is 0. The summed E-state index contributed by atoms with van der Waals surface area (Å²) in [4.78, 5) is 2.86. The van der Waals surface area contributed by atoms with Crippen LogP contribution in [-0.4, -0.2) is 7.94 Å². The highest BCUT2D eigenvalue weighted by molar-refractivity contribution is 8.32. The molecule has 0 radical (unpaired) electrons. The van der Waals surface area contributed by atoms with Gasteiger partial charge in [-0.15, -0.1) is 0 Å². The smallest absolute Gasteiger partial charge is 0.0785 e. The fourth-order valence-corrected chi connectivity index (χ4v) is 10.3. The normalized spacial score (nSPS) is 15.7. The molecular formula is C29H20N2S. The van der Waals surface area contributed by atoms with Crippen LogP contribution in [0.5, 0.6) is 0 Å². The molecule has 2 nitrogen and oxygen atoms in total. The number of aryl methyl sites for hydroxylation is 1. The number of hydrogen-bond acceptors (Lipinski definition) is 0. The standard InChI is InChI=1S/C29H20N2S/c1-19-14-15-25-21(16-19)18-27-26-17-20-8-2-5-11-24(20)30(26)32(31(25)27)28-12-6-3-9-22(28)23-10-4-7-13-29(23)32/h2-18H,1H3. The van der Waals surface area contributed by atoms with E-state index in [1.165, 1.54) is 59.7 Å². The zero-order valence-electron chi connectivity index (χ0n) is 17.6. The lowest BCUT2D eigenvalue weighted by Crippen LogP contribution is -2.13. The molecule has 2 aliphatic rings. The van der Waals surface area contributed by atoms with E-state index >= 15 is 0 Å². The van der Waals surface area contributed by atoms with Gasteiger partial charge in [0.15, 0.2) is 0 Å². The predicted molar refractivity (Wildman–Crippen MR) is 134 cm³/mol. The molecule has 4 heterocycles. The van der Waals surface area contributed by atoms with Crippen molar-refractivity contribution in [3.63, 3.8) is 0 Å². The van der Waals surface area contributed by atoms with Crippen molar-refractivity contribution in [2.45, 2.75) is 16.7 Å². The fourth-order valence-electron chi connectivity index (χ4n) is 5.83. The molecule has 0 unspecified atom stereocenters. The Morgan fingerprint density at radius 2 is 1.09 bits per heavy atom. The molecule has 6 aromatic rings. The van der Waals surface area contributed by atoms with Gasteiger partial charge in [-0.25, -0.2) is 0 Å². The van der Waals surface area contributed by atoms with Gasteiger partial charge in [-0.2, -0.15) is 0 Å². The van der Waals surface area contributed by atoms with Crippen LogP contribution in [0, 0.1) is 6.92 Å². The Bertz CT molecular complexity index is 1710. The molecule has 0 aliphatic carbocycles. The SMILES string of the molecule is Cc1ccc2c(c1)cc1n2S2(c3ccccc3-c3ccccc32)n2c-1cc1ccccc12. The summed E-state index contributed by atoms with van der Waals surface area (Å²) in [5.74, 6) is 0. The highest BCUT2D eigenvalue weighted by atomic mass is 32.3. The molecule has 0 atom stereocenters. The van der Waals surface area contributed by atoms with Gasteiger partial charge >= 0.3 is 0 Å². The topological polar surface area (TPSA) is 9.86 Å². The highest BCUT2D eigenvalue weighted by Gasteiger charge is 2.49. The van der Waals surface area contributed by atoms with Gasteiger partial charge in [0.05, 0.1) is 22.4 Å². The summed E-state index contributed by atoms with van der Waals surface area (Å²) in [6, 6.07) is 38.6. The van der Waals surface area contributed by atoms with E-state index in [1.54, 1.807) is 0 Å². The monoisotopic (exact) mass is 428 g/mol. The molecule has 0 saturated carbocycles. The van der Waals surface area contributed by atoms with Crippen molar-refractivity contribution in [2.75, 3.05) is 0 Å². The summed E-state index contributed by atoms with van der Waals surface area (Å²) in [7, 11) is -1.71. The molecule has 32 heavy (non-hydrogen) atoms. The summed E-state index contributed by atoms with van der Waals surface area (Å²) in [6.45, 7) is 2.18. The number of fused-ring (bicyclic) bond motifs is 14. The Morgan fingerprint density at radius 1 is 0.531 bits per heavy atom. The third kappa shape index (κ3) is 1.74. The van der Waals surface area contributed by atoms with E-state index in [0.29, 0.717) is 0 Å². The first kappa shape index (κ1) is 16.9. The summed E-state index contributed by atoms with van der Waals surface area (Å²) in [5, 5.41) is 2.63. The van der Waals surface area contributed by atoms with Crippen LogP contribution >= 0.6 is 10.4 Å². The Hall–Kier alpha value is -3.69.